The molecule has 0 atom stereocenters. The monoisotopic (exact) mass is 515 g/mol. The van der Waals surface area contributed by atoms with Gasteiger partial charge in [0.25, 0.3) is 5.91 Å². The molecular formula is C27H20F3N7O. The number of anilines is 3. The van der Waals surface area contributed by atoms with E-state index in [0.29, 0.717) is 28.5 Å². The molecule has 0 fully saturated rings. The molecule has 3 heterocycles. The van der Waals surface area contributed by atoms with Gasteiger partial charge < -0.3 is 10.6 Å². The summed E-state index contributed by atoms with van der Waals surface area (Å²) in [4.78, 5) is 29.9. The minimum Gasteiger partial charge on any atom is -0.323 e. The molecule has 0 saturated heterocycles. The number of amides is 1. The topological polar surface area (TPSA) is 97.6 Å². The second-order valence-electron chi connectivity index (χ2n) is 8.31. The van der Waals surface area contributed by atoms with Crippen molar-refractivity contribution in [2.45, 2.75) is 13.1 Å². The highest BCUT2D eigenvalue weighted by molar-refractivity contribution is 6.04. The molecule has 2 aromatic carbocycles. The van der Waals surface area contributed by atoms with Gasteiger partial charge in [0.2, 0.25) is 0 Å². The van der Waals surface area contributed by atoms with Crippen molar-refractivity contribution < 1.29 is 18.0 Å². The van der Waals surface area contributed by atoms with Crippen molar-refractivity contribution in [3.63, 3.8) is 0 Å². The Labute approximate surface area is 214 Å². The molecule has 0 bridgehead atoms. The summed E-state index contributed by atoms with van der Waals surface area (Å²) in [7, 11) is 0. The summed E-state index contributed by atoms with van der Waals surface area (Å²) in [5.41, 5.74) is 2.31. The molecule has 11 heteroatoms. The summed E-state index contributed by atoms with van der Waals surface area (Å²) < 4.78 is 40.8. The van der Waals surface area contributed by atoms with Crippen LogP contribution < -0.4 is 10.6 Å². The number of halogens is 3. The van der Waals surface area contributed by atoms with E-state index in [2.05, 4.69) is 30.6 Å². The fourth-order valence-corrected chi connectivity index (χ4v) is 3.71. The highest BCUT2D eigenvalue weighted by Crippen LogP contribution is 2.30. The van der Waals surface area contributed by atoms with Gasteiger partial charge in [-0.15, -0.1) is 0 Å². The van der Waals surface area contributed by atoms with Crippen molar-refractivity contribution >= 4 is 46.7 Å². The van der Waals surface area contributed by atoms with Gasteiger partial charge in [0.15, 0.2) is 17.0 Å². The molecule has 1 amide bonds. The summed E-state index contributed by atoms with van der Waals surface area (Å²) in [6.07, 6.45) is 3.76. The van der Waals surface area contributed by atoms with E-state index in [4.69, 9.17) is 0 Å². The quantitative estimate of drug-likeness (QED) is 0.281. The highest BCUT2D eigenvalue weighted by atomic mass is 19.4. The smallest absolute Gasteiger partial charge is 0.323 e. The van der Waals surface area contributed by atoms with Crippen LogP contribution in [0.15, 0.2) is 79.5 Å². The first-order valence-electron chi connectivity index (χ1n) is 11.4. The van der Waals surface area contributed by atoms with Crippen molar-refractivity contribution in [3.8, 4) is 0 Å². The molecule has 0 aliphatic rings. The first-order valence-corrected chi connectivity index (χ1v) is 11.4. The second kappa shape index (κ2) is 10.1. The Morgan fingerprint density at radius 2 is 1.84 bits per heavy atom. The summed E-state index contributed by atoms with van der Waals surface area (Å²) >= 11 is 0. The minimum absolute atomic E-state index is 0.0859. The van der Waals surface area contributed by atoms with Crippen molar-refractivity contribution in [1.29, 1.82) is 0 Å². The zero-order chi connectivity index (χ0) is 26.7. The number of alkyl halides is 3. The van der Waals surface area contributed by atoms with Crippen LogP contribution in [-0.2, 0) is 6.18 Å². The van der Waals surface area contributed by atoms with Gasteiger partial charge in [0.05, 0.1) is 5.56 Å². The first kappa shape index (κ1) is 24.6. The fourth-order valence-electron chi connectivity index (χ4n) is 3.71. The van der Waals surface area contributed by atoms with Gasteiger partial charge in [-0.1, -0.05) is 18.2 Å². The van der Waals surface area contributed by atoms with Gasteiger partial charge >= 0.3 is 6.18 Å². The van der Waals surface area contributed by atoms with Crippen LogP contribution in [0, 0.1) is 6.92 Å². The minimum atomic E-state index is -4.53. The third-order valence-corrected chi connectivity index (χ3v) is 5.67. The lowest BCUT2D eigenvalue weighted by atomic mass is 10.1. The lowest BCUT2D eigenvalue weighted by Gasteiger charge is -2.10. The van der Waals surface area contributed by atoms with Crippen LogP contribution >= 0.6 is 0 Å². The number of nitrogens with one attached hydrogen (secondary N) is 2. The average Bonchev–Trinajstić information content (AvgIpc) is 3.33. The van der Waals surface area contributed by atoms with Gasteiger partial charge in [0, 0.05) is 23.6 Å². The Balaban J connectivity index is 1.36. The molecule has 5 rings (SSSR count). The summed E-state index contributed by atoms with van der Waals surface area (Å²) in [6, 6.07) is 15.0. The van der Waals surface area contributed by atoms with Gasteiger partial charge in [-0.25, -0.2) is 19.9 Å². The fraction of sp³-hybridized carbons (Fsp3) is 0.0741. The molecular weight excluding hydrogens is 495 g/mol. The highest BCUT2D eigenvalue weighted by Gasteiger charge is 2.30. The number of hydrogen-bond acceptors (Lipinski definition) is 6. The van der Waals surface area contributed by atoms with E-state index >= 15 is 0 Å². The number of aryl methyl sites for hydroxylation is 1. The van der Waals surface area contributed by atoms with Gasteiger partial charge in [-0.05, 0) is 66.6 Å². The number of fused-ring (bicyclic) bond motifs is 1. The summed E-state index contributed by atoms with van der Waals surface area (Å²) in [5.74, 6) is 0.494. The van der Waals surface area contributed by atoms with Crippen LogP contribution in [0.2, 0.25) is 0 Å². The van der Waals surface area contributed by atoms with E-state index in [1.54, 1.807) is 35.4 Å². The zero-order valence-corrected chi connectivity index (χ0v) is 19.9. The summed E-state index contributed by atoms with van der Waals surface area (Å²) in [6.45, 7) is 1.90. The van der Waals surface area contributed by atoms with E-state index in [-0.39, 0.29) is 5.56 Å². The maximum atomic E-state index is 13.0. The Hall–Kier alpha value is -5.06. The molecule has 8 nitrogen and oxygen atoms in total. The number of hydrogen-bond donors (Lipinski definition) is 2. The van der Waals surface area contributed by atoms with E-state index in [9.17, 15) is 18.0 Å². The maximum absolute atomic E-state index is 13.0. The van der Waals surface area contributed by atoms with Crippen molar-refractivity contribution in [3.05, 3.63) is 102 Å². The number of carbonyl (C=O) groups excluding carboxylic acids is 1. The Morgan fingerprint density at radius 3 is 2.63 bits per heavy atom. The average molecular weight is 515 g/mol. The molecule has 190 valence electrons. The molecule has 3 aromatic heterocycles. The number of nitrogens with zero attached hydrogens (tertiary/aromatic N) is 5. The van der Waals surface area contributed by atoms with E-state index in [1.807, 2.05) is 37.3 Å². The first-order chi connectivity index (χ1) is 18.3. The van der Waals surface area contributed by atoms with Gasteiger partial charge in [-0.3, -0.25) is 9.36 Å². The molecule has 0 saturated carbocycles. The molecule has 0 unspecified atom stereocenters. The summed E-state index contributed by atoms with van der Waals surface area (Å²) in [5, 5.41) is 5.79. The predicted molar refractivity (Wildman–Crippen MR) is 139 cm³/mol. The lowest BCUT2D eigenvalue weighted by molar-refractivity contribution is -0.137. The van der Waals surface area contributed by atoms with Crippen LogP contribution in [0.5, 0.6) is 0 Å². The van der Waals surface area contributed by atoms with Crippen LogP contribution in [0.1, 0.15) is 27.0 Å². The number of rotatable bonds is 6. The molecule has 0 aliphatic carbocycles. The predicted octanol–water partition coefficient (Wildman–Crippen LogP) is 6.17. The van der Waals surface area contributed by atoms with Gasteiger partial charge in [-0.2, -0.15) is 13.2 Å². The zero-order valence-electron chi connectivity index (χ0n) is 19.9. The van der Waals surface area contributed by atoms with Crippen molar-refractivity contribution in [1.82, 2.24) is 24.5 Å². The van der Waals surface area contributed by atoms with Crippen molar-refractivity contribution in [2.24, 2.45) is 0 Å². The maximum Gasteiger partial charge on any atom is 0.416 e. The number of carbonyl (C=O) groups is 1. The number of aromatic nitrogens is 5. The standard InChI is InChI=1S/C27H20F3N7O/c1-17-8-9-21(35-26(38)19-5-4-6-20(13-19)27(28,29)30)14-18(17)10-12-37-16-34-23-24(32-15-33-25(23)37)36-22-7-2-3-11-31-22/h2-16H,1H3,(H,35,38)(H,31,32,33,36). The van der Waals surface area contributed by atoms with E-state index in [1.165, 1.54) is 18.5 Å². The Kier molecular flexibility index (Phi) is 6.56. The lowest BCUT2D eigenvalue weighted by Crippen LogP contribution is -2.14. The van der Waals surface area contributed by atoms with E-state index in [0.717, 1.165) is 23.3 Å². The molecule has 0 aliphatic heterocycles. The third kappa shape index (κ3) is 5.36. The molecule has 5 aromatic rings. The molecule has 2 N–H and O–H groups in total. The number of benzene rings is 2. The largest absolute Gasteiger partial charge is 0.416 e. The normalized spacial score (nSPS) is 11.7. The van der Waals surface area contributed by atoms with Crippen LogP contribution in [0.4, 0.5) is 30.5 Å². The van der Waals surface area contributed by atoms with Crippen LogP contribution in [0.25, 0.3) is 23.4 Å². The third-order valence-electron chi connectivity index (χ3n) is 5.67. The van der Waals surface area contributed by atoms with Crippen LogP contribution in [-0.4, -0.2) is 30.4 Å². The van der Waals surface area contributed by atoms with E-state index < -0.39 is 17.6 Å². The van der Waals surface area contributed by atoms with Gasteiger partial charge in [0.1, 0.15) is 18.5 Å². The second-order valence-corrected chi connectivity index (χ2v) is 8.31. The molecule has 0 spiro atoms. The number of pyridine rings is 1. The Morgan fingerprint density at radius 1 is 0.974 bits per heavy atom. The Bertz CT molecular complexity index is 1650. The molecule has 38 heavy (non-hydrogen) atoms. The SMILES string of the molecule is Cc1ccc(NC(=O)c2cccc(C(F)(F)F)c2)cc1C=Cn1cnc2c(Nc3ccccn3)ncnc21. The van der Waals surface area contributed by atoms with Crippen LogP contribution in [0.3, 0.4) is 0 Å². The molecule has 0 radical (unpaired) electrons. The van der Waals surface area contributed by atoms with Crippen molar-refractivity contribution in [2.75, 3.05) is 10.6 Å². The number of imidazole rings is 1.